The fourth-order valence-electron chi connectivity index (χ4n) is 2.74. The Morgan fingerprint density at radius 2 is 1.15 bits per heavy atom. The van der Waals surface area contributed by atoms with Gasteiger partial charge in [-0.25, -0.2) is 0 Å². The molecular formula is C22H39NO3. The Hall–Kier alpha value is -1.26. The van der Waals surface area contributed by atoms with E-state index in [2.05, 4.69) is 18.7 Å². The molecule has 4 heteroatoms. The molecule has 26 heavy (non-hydrogen) atoms. The molecule has 0 aliphatic carbocycles. The van der Waals surface area contributed by atoms with E-state index in [1.807, 2.05) is 12.1 Å². The normalized spacial score (nSPS) is 11.0. The predicted octanol–water partition coefficient (Wildman–Crippen LogP) is 5.39. The molecule has 0 radical (unpaired) electrons. The third-order valence-corrected chi connectivity index (χ3v) is 4.43. The van der Waals surface area contributed by atoms with Crippen LogP contribution in [0.25, 0.3) is 0 Å². The van der Waals surface area contributed by atoms with Crippen molar-refractivity contribution < 1.29 is 14.6 Å². The second-order valence-electron chi connectivity index (χ2n) is 6.85. The van der Waals surface area contributed by atoms with Crippen molar-refractivity contribution in [2.24, 2.45) is 0 Å². The molecule has 0 bridgehead atoms. The van der Waals surface area contributed by atoms with E-state index < -0.39 is 0 Å². The van der Waals surface area contributed by atoms with Gasteiger partial charge in [0.15, 0.2) is 0 Å². The Balaban J connectivity index is 2.29. The highest BCUT2D eigenvalue weighted by Crippen LogP contribution is 2.19. The second kappa shape index (κ2) is 16.0. The molecule has 150 valence electrons. The van der Waals surface area contributed by atoms with Gasteiger partial charge >= 0.3 is 0 Å². The molecule has 1 aromatic carbocycles. The lowest BCUT2D eigenvalue weighted by Gasteiger charge is -2.25. The summed E-state index contributed by atoms with van der Waals surface area (Å²) in [6.45, 7) is 9.91. The van der Waals surface area contributed by atoms with E-state index in [0.717, 1.165) is 78.0 Å². The van der Waals surface area contributed by atoms with E-state index >= 15 is 0 Å². The van der Waals surface area contributed by atoms with Crippen LogP contribution >= 0.6 is 0 Å². The van der Waals surface area contributed by atoms with E-state index in [9.17, 15) is 5.11 Å². The zero-order valence-electron chi connectivity index (χ0n) is 16.9. The number of phenolic OH excluding ortho intramolecular Hbond substituents is 1. The molecule has 4 nitrogen and oxygen atoms in total. The second-order valence-corrected chi connectivity index (χ2v) is 6.85. The average Bonchev–Trinajstić information content (AvgIpc) is 2.65. The number of anilines is 1. The van der Waals surface area contributed by atoms with Crippen molar-refractivity contribution in [2.75, 3.05) is 44.4 Å². The van der Waals surface area contributed by atoms with Crippen molar-refractivity contribution in [1.82, 2.24) is 0 Å². The van der Waals surface area contributed by atoms with Crippen LogP contribution in [-0.2, 0) is 9.47 Å². The van der Waals surface area contributed by atoms with Crippen molar-refractivity contribution >= 4 is 5.69 Å². The maximum absolute atomic E-state index is 9.52. The largest absolute Gasteiger partial charge is 0.508 e. The fraction of sp³-hybridized carbons (Fsp3) is 0.727. The van der Waals surface area contributed by atoms with E-state index in [-0.39, 0.29) is 0 Å². The minimum atomic E-state index is 0.322. The lowest BCUT2D eigenvalue weighted by atomic mass is 10.2. The molecule has 0 unspecified atom stereocenters. The lowest BCUT2D eigenvalue weighted by Crippen LogP contribution is -2.26. The van der Waals surface area contributed by atoms with Crippen LogP contribution in [0.1, 0.15) is 65.2 Å². The van der Waals surface area contributed by atoms with Crippen molar-refractivity contribution in [3.63, 3.8) is 0 Å². The number of ether oxygens (including phenoxy) is 2. The summed E-state index contributed by atoms with van der Waals surface area (Å²) in [7, 11) is 0. The first-order valence-corrected chi connectivity index (χ1v) is 10.5. The highest BCUT2D eigenvalue weighted by atomic mass is 16.5. The smallest absolute Gasteiger partial charge is 0.115 e. The third kappa shape index (κ3) is 11.4. The summed E-state index contributed by atoms with van der Waals surface area (Å²) >= 11 is 0. The first kappa shape index (κ1) is 22.8. The van der Waals surface area contributed by atoms with Gasteiger partial charge in [0.2, 0.25) is 0 Å². The van der Waals surface area contributed by atoms with Crippen LogP contribution in [0.2, 0.25) is 0 Å². The SMILES string of the molecule is CCCCOCCCCN(CCCCOCCCC)c1ccc(O)cc1. The van der Waals surface area contributed by atoms with Crippen molar-refractivity contribution in [1.29, 1.82) is 0 Å². The number of aromatic hydroxyl groups is 1. The minimum Gasteiger partial charge on any atom is -0.508 e. The molecular weight excluding hydrogens is 326 g/mol. The Morgan fingerprint density at radius 1 is 0.692 bits per heavy atom. The zero-order chi connectivity index (χ0) is 18.9. The van der Waals surface area contributed by atoms with Crippen LogP contribution in [0.3, 0.4) is 0 Å². The summed E-state index contributed by atoms with van der Waals surface area (Å²) in [6.07, 6.45) is 9.13. The molecule has 1 aromatic rings. The summed E-state index contributed by atoms with van der Waals surface area (Å²) in [5.74, 6) is 0.322. The number of unbranched alkanes of at least 4 members (excludes halogenated alkanes) is 4. The van der Waals surface area contributed by atoms with Crippen LogP contribution in [0.5, 0.6) is 5.75 Å². The molecule has 1 rings (SSSR count). The van der Waals surface area contributed by atoms with Gasteiger partial charge in [-0.2, -0.15) is 0 Å². The van der Waals surface area contributed by atoms with Gasteiger partial charge in [0.1, 0.15) is 5.75 Å². The molecule has 1 N–H and O–H groups in total. The van der Waals surface area contributed by atoms with E-state index in [1.54, 1.807) is 12.1 Å². The molecule has 0 aliphatic heterocycles. The molecule has 0 aromatic heterocycles. The molecule has 0 saturated carbocycles. The number of rotatable bonds is 17. The summed E-state index contributed by atoms with van der Waals surface area (Å²) < 4.78 is 11.3. The van der Waals surface area contributed by atoms with Gasteiger partial charge in [-0.1, -0.05) is 26.7 Å². The molecule has 0 amide bonds. The lowest BCUT2D eigenvalue weighted by molar-refractivity contribution is 0.127. The third-order valence-electron chi connectivity index (χ3n) is 4.43. The highest BCUT2D eigenvalue weighted by molar-refractivity contribution is 5.48. The average molecular weight is 366 g/mol. The number of benzene rings is 1. The van der Waals surface area contributed by atoms with Crippen molar-refractivity contribution in [2.45, 2.75) is 65.2 Å². The molecule has 0 aliphatic rings. The maximum atomic E-state index is 9.52. The van der Waals surface area contributed by atoms with E-state index in [1.165, 1.54) is 18.5 Å². The predicted molar refractivity (Wildman–Crippen MR) is 110 cm³/mol. The number of hydrogen-bond donors (Lipinski definition) is 1. The summed E-state index contributed by atoms with van der Waals surface area (Å²) in [5, 5.41) is 9.52. The van der Waals surface area contributed by atoms with Gasteiger partial charge in [0, 0.05) is 45.2 Å². The molecule has 0 spiro atoms. The van der Waals surface area contributed by atoms with Crippen molar-refractivity contribution in [3.05, 3.63) is 24.3 Å². The van der Waals surface area contributed by atoms with Crippen LogP contribution in [-0.4, -0.2) is 44.6 Å². The van der Waals surface area contributed by atoms with Crippen LogP contribution in [0, 0.1) is 0 Å². The van der Waals surface area contributed by atoms with E-state index in [4.69, 9.17) is 9.47 Å². The van der Waals surface area contributed by atoms with Crippen LogP contribution < -0.4 is 4.90 Å². The number of nitrogens with zero attached hydrogens (tertiary/aromatic N) is 1. The number of hydrogen-bond acceptors (Lipinski definition) is 4. The molecule has 0 saturated heterocycles. The summed E-state index contributed by atoms with van der Waals surface area (Å²) in [5.41, 5.74) is 1.18. The summed E-state index contributed by atoms with van der Waals surface area (Å²) in [6, 6.07) is 7.55. The van der Waals surface area contributed by atoms with E-state index in [0.29, 0.717) is 5.75 Å². The molecule has 0 atom stereocenters. The van der Waals surface area contributed by atoms with Gasteiger partial charge in [-0.3, -0.25) is 0 Å². The molecule has 0 fully saturated rings. The minimum absolute atomic E-state index is 0.322. The highest BCUT2D eigenvalue weighted by Gasteiger charge is 2.06. The zero-order valence-corrected chi connectivity index (χ0v) is 16.9. The van der Waals surface area contributed by atoms with Gasteiger partial charge in [-0.15, -0.1) is 0 Å². The van der Waals surface area contributed by atoms with Crippen LogP contribution in [0.15, 0.2) is 24.3 Å². The monoisotopic (exact) mass is 365 g/mol. The van der Waals surface area contributed by atoms with Gasteiger partial charge in [0.05, 0.1) is 0 Å². The topological polar surface area (TPSA) is 41.9 Å². The Labute approximate surface area is 160 Å². The Morgan fingerprint density at radius 3 is 1.62 bits per heavy atom. The van der Waals surface area contributed by atoms with Gasteiger partial charge < -0.3 is 19.5 Å². The Bertz CT molecular complexity index is 404. The maximum Gasteiger partial charge on any atom is 0.115 e. The molecule has 0 heterocycles. The standard InChI is InChI=1S/C22H39NO3/c1-3-5-17-25-19-9-7-15-23(21-11-13-22(24)14-12-21)16-8-10-20-26-18-6-4-2/h11-14,24H,3-10,15-20H2,1-2H3. The summed E-state index contributed by atoms with van der Waals surface area (Å²) in [4.78, 5) is 2.41. The quantitative estimate of drug-likeness (QED) is 0.376. The fourth-order valence-corrected chi connectivity index (χ4v) is 2.74. The van der Waals surface area contributed by atoms with Crippen molar-refractivity contribution in [3.8, 4) is 5.75 Å². The Kier molecular flexibility index (Phi) is 14.0. The first-order valence-electron chi connectivity index (χ1n) is 10.5. The number of phenols is 1. The van der Waals surface area contributed by atoms with Gasteiger partial charge in [-0.05, 0) is 62.8 Å². The van der Waals surface area contributed by atoms with Gasteiger partial charge in [0.25, 0.3) is 0 Å². The van der Waals surface area contributed by atoms with Crippen LogP contribution in [0.4, 0.5) is 5.69 Å². The first-order chi connectivity index (χ1) is 12.8.